The highest BCUT2D eigenvalue weighted by Gasteiger charge is 2.19. The molecule has 2 heterocycles. The third-order valence-corrected chi connectivity index (χ3v) is 6.99. The smallest absolute Gasteiger partial charge is 0.248 e. The van der Waals surface area contributed by atoms with Crippen LogP contribution in [0.1, 0.15) is 11.3 Å². The van der Waals surface area contributed by atoms with E-state index in [4.69, 9.17) is 4.42 Å². The minimum atomic E-state index is -0.236. The van der Waals surface area contributed by atoms with Crippen molar-refractivity contribution >= 4 is 51.3 Å². The molecule has 2 amide bonds. The number of piperazine rings is 1. The number of nitrogens with zero attached hydrogens (tertiary/aromatic N) is 2. The number of carbonyl (C=O) groups excluding carboxylic acids is 2. The summed E-state index contributed by atoms with van der Waals surface area (Å²) >= 11 is 3.43. The van der Waals surface area contributed by atoms with Crippen molar-refractivity contribution < 1.29 is 14.0 Å². The normalized spacial score (nSPS) is 13.8. The first kappa shape index (κ1) is 26.3. The second-order valence-electron chi connectivity index (χ2n) is 9.13. The van der Waals surface area contributed by atoms with Crippen molar-refractivity contribution in [3.63, 3.8) is 0 Å². The summed E-state index contributed by atoms with van der Waals surface area (Å²) in [7, 11) is 0. The van der Waals surface area contributed by atoms with Crippen LogP contribution in [0.15, 0.2) is 112 Å². The van der Waals surface area contributed by atoms with Crippen LogP contribution in [-0.2, 0) is 9.59 Å². The van der Waals surface area contributed by atoms with E-state index in [-0.39, 0.29) is 11.8 Å². The topological polar surface area (TPSA) is 65.8 Å². The van der Waals surface area contributed by atoms with Gasteiger partial charge in [0.15, 0.2) is 0 Å². The molecule has 0 radical (unpaired) electrons. The van der Waals surface area contributed by atoms with Crippen LogP contribution < -0.4 is 10.2 Å². The quantitative estimate of drug-likeness (QED) is 0.246. The van der Waals surface area contributed by atoms with Gasteiger partial charge >= 0.3 is 0 Å². The van der Waals surface area contributed by atoms with Crippen LogP contribution in [0, 0.1) is 0 Å². The Morgan fingerprint density at radius 2 is 1.49 bits per heavy atom. The maximum atomic E-state index is 12.6. The van der Waals surface area contributed by atoms with Crippen LogP contribution in [0.25, 0.3) is 23.5 Å². The van der Waals surface area contributed by atoms with E-state index in [0.717, 1.165) is 40.1 Å². The van der Waals surface area contributed by atoms with Crippen LogP contribution in [0.2, 0.25) is 0 Å². The van der Waals surface area contributed by atoms with Crippen molar-refractivity contribution in [2.24, 2.45) is 0 Å². The number of nitrogens with one attached hydrogen (secondary N) is 1. The highest BCUT2D eigenvalue weighted by atomic mass is 79.9. The van der Waals surface area contributed by atoms with Crippen molar-refractivity contribution in [3.05, 3.63) is 119 Å². The molecule has 0 atom stereocenters. The largest absolute Gasteiger partial charge is 0.457 e. The summed E-state index contributed by atoms with van der Waals surface area (Å²) in [6.45, 7) is 2.84. The van der Waals surface area contributed by atoms with Crippen LogP contribution in [0.3, 0.4) is 0 Å². The molecule has 0 unspecified atom stereocenters. The fourth-order valence-corrected chi connectivity index (χ4v) is 4.60. The van der Waals surface area contributed by atoms with Crippen molar-refractivity contribution in [3.8, 4) is 11.3 Å². The summed E-state index contributed by atoms with van der Waals surface area (Å²) in [5, 5.41) is 2.88. The number of anilines is 2. The van der Waals surface area contributed by atoms with E-state index in [2.05, 4.69) is 26.1 Å². The molecule has 1 aliphatic heterocycles. The standard InChI is InChI=1S/C32H28BrN3O3/c33-26-9-7-25(8-10-26)30-17-15-29(39-30)16-18-31(37)34-27-11-13-28(14-12-27)35-20-22-36(23-21-35)32(38)19-6-24-4-2-1-3-5-24/h1-19H,20-23H2,(H,34,37)/b18-16+,19-6+. The van der Waals surface area contributed by atoms with Gasteiger partial charge in [0.2, 0.25) is 11.8 Å². The van der Waals surface area contributed by atoms with Gasteiger partial charge in [-0.25, -0.2) is 0 Å². The van der Waals surface area contributed by atoms with Crippen molar-refractivity contribution in [2.75, 3.05) is 36.4 Å². The fraction of sp³-hybridized carbons (Fsp3) is 0.125. The maximum Gasteiger partial charge on any atom is 0.248 e. The Hall–Kier alpha value is -4.36. The predicted molar refractivity (Wildman–Crippen MR) is 160 cm³/mol. The van der Waals surface area contributed by atoms with Gasteiger partial charge in [-0.15, -0.1) is 0 Å². The first-order valence-corrected chi connectivity index (χ1v) is 13.5. The zero-order chi connectivity index (χ0) is 27.0. The molecule has 39 heavy (non-hydrogen) atoms. The summed E-state index contributed by atoms with van der Waals surface area (Å²) in [5.41, 5.74) is 3.75. The number of hydrogen-bond acceptors (Lipinski definition) is 4. The molecule has 5 rings (SSSR count). The summed E-state index contributed by atoms with van der Waals surface area (Å²) in [5.74, 6) is 1.14. The Labute approximate surface area is 236 Å². The highest BCUT2D eigenvalue weighted by Crippen LogP contribution is 2.25. The molecule has 1 aliphatic rings. The molecule has 1 saturated heterocycles. The molecule has 3 aromatic carbocycles. The molecule has 0 bridgehead atoms. The van der Waals surface area contributed by atoms with Crippen molar-refractivity contribution in [2.45, 2.75) is 0 Å². The van der Waals surface area contributed by atoms with Gasteiger partial charge in [0.25, 0.3) is 0 Å². The lowest BCUT2D eigenvalue weighted by molar-refractivity contribution is -0.126. The number of benzene rings is 3. The molecule has 0 aliphatic carbocycles. The zero-order valence-electron chi connectivity index (χ0n) is 21.3. The second-order valence-corrected chi connectivity index (χ2v) is 10.1. The summed E-state index contributed by atoms with van der Waals surface area (Å²) in [6.07, 6.45) is 6.61. The van der Waals surface area contributed by atoms with Gasteiger partial charge in [-0.2, -0.15) is 0 Å². The Morgan fingerprint density at radius 1 is 0.769 bits per heavy atom. The van der Waals surface area contributed by atoms with E-state index in [1.54, 1.807) is 12.2 Å². The Bertz CT molecular complexity index is 1470. The highest BCUT2D eigenvalue weighted by molar-refractivity contribution is 9.10. The van der Waals surface area contributed by atoms with Gasteiger partial charge in [-0.1, -0.05) is 58.4 Å². The first-order valence-electron chi connectivity index (χ1n) is 12.8. The van der Waals surface area contributed by atoms with E-state index >= 15 is 0 Å². The lowest BCUT2D eigenvalue weighted by Crippen LogP contribution is -2.48. The van der Waals surface area contributed by atoms with Crippen LogP contribution >= 0.6 is 15.9 Å². The summed E-state index contributed by atoms with van der Waals surface area (Å²) < 4.78 is 6.84. The van der Waals surface area contributed by atoms with Crippen LogP contribution in [0.4, 0.5) is 11.4 Å². The molecular formula is C32H28BrN3O3. The zero-order valence-corrected chi connectivity index (χ0v) is 22.9. The predicted octanol–water partition coefficient (Wildman–Crippen LogP) is 6.72. The Balaban J connectivity index is 1.09. The molecule has 1 N–H and O–H groups in total. The van der Waals surface area contributed by atoms with E-state index in [0.29, 0.717) is 24.5 Å². The number of carbonyl (C=O) groups is 2. The van der Waals surface area contributed by atoms with Gasteiger partial charge in [-0.3, -0.25) is 9.59 Å². The number of rotatable bonds is 7. The molecule has 0 spiro atoms. The number of halogens is 1. The maximum absolute atomic E-state index is 12.6. The lowest BCUT2D eigenvalue weighted by atomic mass is 10.2. The molecule has 4 aromatic rings. The molecular weight excluding hydrogens is 554 g/mol. The van der Waals surface area contributed by atoms with Gasteiger partial charge in [0.05, 0.1) is 0 Å². The van der Waals surface area contributed by atoms with Crippen molar-refractivity contribution in [1.82, 2.24) is 4.90 Å². The summed E-state index contributed by atoms with van der Waals surface area (Å²) in [4.78, 5) is 29.1. The molecule has 1 fully saturated rings. The number of furan rings is 1. The number of amides is 2. The van der Waals surface area contributed by atoms with E-state index in [1.807, 2.05) is 102 Å². The van der Waals surface area contributed by atoms with E-state index in [9.17, 15) is 9.59 Å². The molecule has 1 aromatic heterocycles. The van der Waals surface area contributed by atoms with Crippen molar-refractivity contribution in [1.29, 1.82) is 0 Å². The monoisotopic (exact) mass is 581 g/mol. The average Bonchev–Trinajstić information content (AvgIpc) is 3.45. The SMILES string of the molecule is O=C(/C=C/c1ccc(-c2ccc(Br)cc2)o1)Nc1ccc(N2CCN(C(=O)/C=C/c3ccccc3)CC2)cc1. The molecule has 196 valence electrons. The molecule has 6 nitrogen and oxygen atoms in total. The van der Waals surface area contributed by atoms with Gasteiger partial charge in [0.1, 0.15) is 11.5 Å². The lowest BCUT2D eigenvalue weighted by Gasteiger charge is -2.35. The van der Waals surface area contributed by atoms with E-state index < -0.39 is 0 Å². The minimum Gasteiger partial charge on any atom is -0.457 e. The fourth-order valence-electron chi connectivity index (χ4n) is 4.33. The molecule has 0 saturated carbocycles. The average molecular weight is 582 g/mol. The van der Waals surface area contributed by atoms with Gasteiger partial charge < -0.3 is 19.5 Å². The van der Waals surface area contributed by atoms with E-state index in [1.165, 1.54) is 6.08 Å². The van der Waals surface area contributed by atoms with Crippen LogP contribution in [-0.4, -0.2) is 42.9 Å². The Kier molecular flexibility index (Phi) is 8.39. The third-order valence-electron chi connectivity index (χ3n) is 6.46. The molecule has 7 heteroatoms. The minimum absolute atomic E-state index is 0.0312. The van der Waals surface area contributed by atoms with Gasteiger partial charge in [0, 0.05) is 59.7 Å². The van der Waals surface area contributed by atoms with Gasteiger partial charge in [-0.05, 0) is 66.2 Å². The first-order chi connectivity index (χ1) is 19.0. The van der Waals surface area contributed by atoms with Crippen LogP contribution in [0.5, 0.6) is 0 Å². The number of hydrogen-bond donors (Lipinski definition) is 1. The third kappa shape index (κ3) is 7.15. The Morgan fingerprint density at radius 3 is 2.21 bits per heavy atom. The second kappa shape index (κ2) is 12.5. The summed E-state index contributed by atoms with van der Waals surface area (Å²) in [6, 6.07) is 29.2.